The van der Waals surface area contributed by atoms with Crippen LogP contribution in [0.2, 0.25) is 0 Å². The van der Waals surface area contributed by atoms with Gasteiger partial charge in [-0.2, -0.15) is 0 Å². The number of rotatable bonds is 7. The van der Waals surface area contributed by atoms with Crippen LogP contribution in [0.1, 0.15) is 24.5 Å². The number of amides is 2. The van der Waals surface area contributed by atoms with Crippen LogP contribution in [0.5, 0.6) is 0 Å². The van der Waals surface area contributed by atoms with Crippen molar-refractivity contribution in [2.75, 3.05) is 44.2 Å². The summed E-state index contributed by atoms with van der Waals surface area (Å²) in [6, 6.07) is 11.5. The van der Waals surface area contributed by atoms with Crippen LogP contribution in [0.15, 0.2) is 47.4 Å². The number of pyridine rings is 1. The summed E-state index contributed by atoms with van der Waals surface area (Å²) in [4.78, 5) is 50.1. The van der Waals surface area contributed by atoms with E-state index >= 15 is 0 Å². The Morgan fingerprint density at radius 1 is 1.09 bits per heavy atom. The second-order valence-electron chi connectivity index (χ2n) is 8.42. The molecule has 0 bridgehead atoms. The number of hydrogen-bond acceptors (Lipinski definition) is 7. The molecule has 3 aromatic rings. The van der Waals surface area contributed by atoms with Crippen molar-refractivity contribution in [3.05, 3.63) is 64.1 Å². The molecule has 2 amide bonds. The average Bonchev–Trinajstić information content (AvgIpc) is 2.87. The normalized spacial score (nSPS) is 13.7. The van der Waals surface area contributed by atoms with Crippen LogP contribution in [-0.4, -0.2) is 70.8 Å². The number of urea groups is 1. The number of carbonyl (C=O) groups is 2. The first-order chi connectivity index (χ1) is 17.0. The van der Waals surface area contributed by atoms with Gasteiger partial charge in [0.05, 0.1) is 19.6 Å². The van der Waals surface area contributed by atoms with Crippen molar-refractivity contribution in [2.24, 2.45) is 0 Å². The maximum Gasteiger partial charge on any atom is 0.317 e. The molecule has 1 aliphatic rings. The Morgan fingerprint density at radius 2 is 1.83 bits per heavy atom. The second-order valence-corrected chi connectivity index (χ2v) is 8.42. The molecule has 0 radical (unpaired) electrons. The van der Waals surface area contributed by atoms with E-state index in [-0.39, 0.29) is 30.5 Å². The van der Waals surface area contributed by atoms with Crippen molar-refractivity contribution >= 4 is 29.0 Å². The van der Waals surface area contributed by atoms with E-state index in [1.807, 2.05) is 42.2 Å². The van der Waals surface area contributed by atoms with E-state index in [9.17, 15) is 14.4 Å². The molecule has 10 nitrogen and oxygen atoms in total. The SMILES string of the molecule is CCOC(=O)CCNC(=O)N1CCN(c2nc3cccnc3n(Cc3ccc(C)cc3)c2=O)CC1. The van der Waals surface area contributed by atoms with Gasteiger partial charge in [-0.1, -0.05) is 29.8 Å². The summed E-state index contributed by atoms with van der Waals surface area (Å²) < 4.78 is 6.54. The molecule has 1 fully saturated rings. The third kappa shape index (κ3) is 5.76. The molecule has 10 heteroatoms. The van der Waals surface area contributed by atoms with Crippen molar-refractivity contribution in [1.29, 1.82) is 0 Å². The number of carbonyl (C=O) groups excluding carboxylic acids is 2. The van der Waals surface area contributed by atoms with Crippen molar-refractivity contribution in [2.45, 2.75) is 26.8 Å². The van der Waals surface area contributed by atoms with E-state index in [2.05, 4.69) is 15.3 Å². The Morgan fingerprint density at radius 3 is 2.54 bits per heavy atom. The molecule has 2 aromatic heterocycles. The molecule has 0 aliphatic carbocycles. The fourth-order valence-electron chi connectivity index (χ4n) is 4.03. The molecule has 1 N–H and O–H groups in total. The highest BCUT2D eigenvalue weighted by atomic mass is 16.5. The zero-order valence-electron chi connectivity index (χ0n) is 20.1. The van der Waals surface area contributed by atoms with Gasteiger partial charge in [0.2, 0.25) is 0 Å². The highest BCUT2D eigenvalue weighted by Crippen LogP contribution is 2.16. The molecule has 0 saturated carbocycles. The minimum atomic E-state index is -0.337. The summed E-state index contributed by atoms with van der Waals surface area (Å²) in [6.07, 6.45) is 1.79. The van der Waals surface area contributed by atoms with E-state index in [1.54, 1.807) is 28.7 Å². The zero-order chi connectivity index (χ0) is 24.8. The smallest absolute Gasteiger partial charge is 0.317 e. The Hall–Kier alpha value is -3.95. The summed E-state index contributed by atoms with van der Waals surface area (Å²) >= 11 is 0. The monoisotopic (exact) mass is 478 g/mol. The standard InChI is InChI=1S/C25H30N6O4/c1-3-35-21(32)10-12-27-25(34)30-15-13-29(14-16-30)23-24(33)31(17-19-8-6-18(2)7-9-19)22-20(28-23)5-4-11-26-22/h4-9,11H,3,10,12-17H2,1-2H3,(H,27,34). The first-order valence-electron chi connectivity index (χ1n) is 11.8. The minimum absolute atomic E-state index is 0.134. The number of nitrogens with zero attached hydrogens (tertiary/aromatic N) is 5. The van der Waals surface area contributed by atoms with Gasteiger partial charge >= 0.3 is 12.0 Å². The van der Waals surface area contributed by atoms with Gasteiger partial charge in [-0.3, -0.25) is 14.2 Å². The molecule has 1 aromatic carbocycles. The van der Waals surface area contributed by atoms with Crippen molar-refractivity contribution < 1.29 is 14.3 Å². The van der Waals surface area contributed by atoms with Gasteiger partial charge in [0.15, 0.2) is 11.5 Å². The minimum Gasteiger partial charge on any atom is -0.466 e. The lowest BCUT2D eigenvalue weighted by Gasteiger charge is -2.35. The second kappa shape index (κ2) is 11.0. The lowest BCUT2D eigenvalue weighted by atomic mass is 10.1. The molecule has 184 valence electrons. The molecule has 35 heavy (non-hydrogen) atoms. The fourth-order valence-corrected chi connectivity index (χ4v) is 4.03. The Balaban J connectivity index is 1.47. The quantitative estimate of drug-likeness (QED) is 0.517. The van der Waals surface area contributed by atoms with Crippen molar-refractivity contribution in [3.63, 3.8) is 0 Å². The summed E-state index contributed by atoms with van der Waals surface area (Å²) in [5.74, 6) is 0.0244. The van der Waals surface area contributed by atoms with Crippen LogP contribution in [0.3, 0.4) is 0 Å². The summed E-state index contributed by atoms with van der Waals surface area (Å²) in [5, 5.41) is 2.75. The summed E-state index contributed by atoms with van der Waals surface area (Å²) in [7, 11) is 0. The molecule has 1 saturated heterocycles. The maximum atomic E-state index is 13.5. The topological polar surface area (TPSA) is 110 Å². The number of fused-ring (bicyclic) bond motifs is 1. The predicted octanol–water partition coefficient (Wildman–Crippen LogP) is 1.93. The number of piperazine rings is 1. The maximum absolute atomic E-state index is 13.5. The third-order valence-corrected chi connectivity index (χ3v) is 5.92. The van der Waals surface area contributed by atoms with Gasteiger partial charge in [0, 0.05) is 38.9 Å². The summed E-state index contributed by atoms with van der Waals surface area (Å²) in [5.41, 5.74) is 3.15. The zero-order valence-corrected chi connectivity index (χ0v) is 20.1. The van der Waals surface area contributed by atoms with E-state index in [4.69, 9.17) is 4.74 Å². The van der Waals surface area contributed by atoms with Gasteiger partial charge in [0.1, 0.15) is 5.52 Å². The molecule has 4 rings (SSSR count). The van der Waals surface area contributed by atoms with Crippen molar-refractivity contribution in [3.8, 4) is 0 Å². The molecular formula is C25H30N6O4. The van der Waals surface area contributed by atoms with Gasteiger partial charge < -0.3 is 19.9 Å². The van der Waals surface area contributed by atoms with E-state index in [0.717, 1.165) is 11.1 Å². The van der Waals surface area contributed by atoms with Crippen LogP contribution in [0.4, 0.5) is 10.6 Å². The van der Waals surface area contributed by atoms with Crippen LogP contribution in [0, 0.1) is 6.92 Å². The Bertz CT molecular complexity index is 1250. The number of nitrogens with one attached hydrogen (secondary N) is 1. The molecular weight excluding hydrogens is 448 g/mol. The Labute approximate surface area is 203 Å². The highest BCUT2D eigenvalue weighted by Gasteiger charge is 2.25. The van der Waals surface area contributed by atoms with Gasteiger partial charge in [-0.25, -0.2) is 14.8 Å². The lowest BCUT2D eigenvalue weighted by molar-refractivity contribution is -0.142. The first kappa shape index (κ1) is 24.2. The van der Waals surface area contributed by atoms with E-state index in [1.165, 1.54) is 0 Å². The lowest BCUT2D eigenvalue weighted by Crippen LogP contribution is -2.53. The number of benzene rings is 1. The Kier molecular flexibility index (Phi) is 7.59. The predicted molar refractivity (Wildman–Crippen MR) is 133 cm³/mol. The highest BCUT2D eigenvalue weighted by molar-refractivity contribution is 5.76. The molecule has 0 atom stereocenters. The van der Waals surface area contributed by atoms with Gasteiger partial charge in [-0.05, 0) is 31.5 Å². The molecule has 1 aliphatic heterocycles. The number of hydrogen-bond donors (Lipinski definition) is 1. The average molecular weight is 479 g/mol. The number of anilines is 1. The van der Waals surface area contributed by atoms with Crippen LogP contribution >= 0.6 is 0 Å². The number of ether oxygens (including phenoxy) is 1. The van der Waals surface area contributed by atoms with E-state index in [0.29, 0.717) is 56.3 Å². The molecule has 0 unspecified atom stereocenters. The third-order valence-electron chi connectivity index (χ3n) is 5.92. The van der Waals surface area contributed by atoms with Crippen LogP contribution < -0.4 is 15.8 Å². The number of esters is 1. The van der Waals surface area contributed by atoms with Gasteiger partial charge in [0.25, 0.3) is 5.56 Å². The van der Waals surface area contributed by atoms with E-state index < -0.39 is 0 Å². The van der Waals surface area contributed by atoms with Crippen molar-refractivity contribution in [1.82, 2.24) is 24.8 Å². The van der Waals surface area contributed by atoms with Gasteiger partial charge in [-0.15, -0.1) is 0 Å². The largest absolute Gasteiger partial charge is 0.466 e. The van der Waals surface area contributed by atoms with Crippen LogP contribution in [0.25, 0.3) is 11.2 Å². The molecule has 3 heterocycles. The fraction of sp³-hybridized carbons (Fsp3) is 0.400. The number of aromatic nitrogens is 3. The number of aryl methyl sites for hydroxylation is 1. The molecule has 0 spiro atoms. The summed E-state index contributed by atoms with van der Waals surface area (Å²) in [6.45, 7) is 6.54. The van der Waals surface area contributed by atoms with Crippen LogP contribution in [-0.2, 0) is 16.1 Å². The first-order valence-corrected chi connectivity index (χ1v) is 11.8.